The molecule has 0 radical (unpaired) electrons. The summed E-state index contributed by atoms with van der Waals surface area (Å²) in [5, 5.41) is 0. The Kier molecular flexibility index (Phi) is 4.74. The molecule has 1 aliphatic rings. The van der Waals surface area contributed by atoms with Gasteiger partial charge >= 0.3 is 0 Å². The van der Waals surface area contributed by atoms with E-state index in [0.717, 1.165) is 25.0 Å². The van der Waals surface area contributed by atoms with Gasteiger partial charge < -0.3 is 5.73 Å². The Hall–Kier alpha value is -0.0800. The molecule has 0 atom stereocenters. The first-order valence-electron chi connectivity index (χ1n) is 5.68. The summed E-state index contributed by atoms with van der Waals surface area (Å²) in [6.07, 6.45) is 5.63. The molecule has 0 amide bonds. The van der Waals surface area contributed by atoms with Gasteiger partial charge in [0.1, 0.15) is 0 Å². The second-order valence-electron chi connectivity index (χ2n) is 4.62. The van der Waals surface area contributed by atoms with E-state index in [9.17, 15) is 0 Å². The molecule has 0 aliphatic heterocycles. The molecule has 2 N–H and O–H groups in total. The zero-order chi connectivity index (χ0) is 9.68. The topological polar surface area (TPSA) is 29.3 Å². The van der Waals surface area contributed by atoms with Gasteiger partial charge in [-0.1, -0.05) is 26.7 Å². The van der Waals surface area contributed by atoms with Gasteiger partial charge in [-0.15, -0.1) is 0 Å². The van der Waals surface area contributed by atoms with E-state index in [2.05, 4.69) is 18.7 Å². The van der Waals surface area contributed by atoms with Crippen molar-refractivity contribution in [1.29, 1.82) is 0 Å². The van der Waals surface area contributed by atoms with Crippen LogP contribution in [0.2, 0.25) is 0 Å². The van der Waals surface area contributed by atoms with Crippen LogP contribution in [0, 0.1) is 5.92 Å². The Bertz CT molecular complexity index is 128. The highest BCUT2D eigenvalue weighted by Crippen LogP contribution is 2.23. The van der Waals surface area contributed by atoms with E-state index in [1.54, 1.807) is 0 Å². The van der Waals surface area contributed by atoms with Crippen molar-refractivity contribution in [3.05, 3.63) is 0 Å². The largest absolute Gasteiger partial charge is 0.329 e. The average Bonchev–Trinajstić information content (AvgIpc) is 2.54. The Balaban J connectivity index is 2.35. The number of nitrogens with zero attached hydrogens (tertiary/aromatic N) is 1. The maximum atomic E-state index is 5.63. The van der Waals surface area contributed by atoms with E-state index in [1.165, 1.54) is 32.2 Å². The summed E-state index contributed by atoms with van der Waals surface area (Å²) in [6, 6.07) is 0.839. The number of hydrogen-bond donors (Lipinski definition) is 1. The van der Waals surface area contributed by atoms with E-state index < -0.39 is 0 Å². The van der Waals surface area contributed by atoms with Crippen molar-refractivity contribution in [3.63, 3.8) is 0 Å². The highest BCUT2D eigenvalue weighted by Gasteiger charge is 2.21. The number of hydrogen-bond acceptors (Lipinski definition) is 2. The molecular weight excluding hydrogens is 160 g/mol. The van der Waals surface area contributed by atoms with Crippen molar-refractivity contribution in [3.8, 4) is 0 Å². The minimum atomic E-state index is 0.771. The predicted molar refractivity (Wildman–Crippen MR) is 57.7 cm³/mol. The van der Waals surface area contributed by atoms with Crippen molar-refractivity contribution in [2.24, 2.45) is 11.7 Å². The molecule has 78 valence electrons. The van der Waals surface area contributed by atoms with E-state index in [0.29, 0.717) is 0 Å². The van der Waals surface area contributed by atoms with Gasteiger partial charge in [-0.05, 0) is 18.8 Å². The molecule has 0 aromatic carbocycles. The van der Waals surface area contributed by atoms with E-state index >= 15 is 0 Å². The van der Waals surface area contributed by atoms with E-state index in [4.69, 9.17) is 5.73 Å². The monoisotopic (exact) mass is 184 g/mol. The third kappa shape index (κ3) is 3.65. The van der Waals surface area contributed by atoms with Gasteiger partial charge in [-0.3, -0.25) is 4.90 Å². The third-order valence-electron chi connectivity index (χ3n) is 2.86. The van der Waals surface area contributed by atoms with Gasteiger partial charge in [0.05, 0.1) is 0 Å². The van der Waals surface area contributed by atoms with Crippen LogP contribution in [0.3, 0.4) is 0 Å². The molecule has 0 heterocycles. The van der Waals surface area contributed by atoms with Crippen LogP contribution in [0.5, 0.6) is 0 Å². The molecule has 1 saturated carbocycles. The summed E-state index contributed by atoms with van der Waals surface area (Å²) in [4.78, 5) is 2.59. The molecule has 0 saturated heterocycles. The highest BCUT2D eigenvalue weighted by atomic mass is 15.2. The first kappa shape index (κ1) is 11.0. The summed E-state index contributed by atoms with van der Waals surface area (Å²) < 4.78 is 0. The fraction of sp³-hybridized carbons (Fsp3) is 1.00. The molecule has 0 aromatic rings. The Labute approximate surface area is 82.5 Å². The van der Waals surface area contributed by atoms with Crippen molar-refractivity contribution < 1.29 is 0 Å². The van der Waals surface area contributed by atoms with Gasteiger partial charge in [-0.2, -0.15) is 0 Å². The van der Waals surface area contributed by atoms with Gasteiger partial charge in [0.2, 0.25) is 0 Å². The van der Waals surface area contributed by atoms with Gasteiger partial charge in [0.15, 0.2) is 0 Å². The summed E-state index contributed by atoms with van der Waals surface area (Å²) in [5.41, 5.74) is 5.63. The van der Waals surface area contributed by atoms with Crippen molar-refractivity contribution in [2.75, 3.05) is 19.6 Å². The normalized spacial score (nSPS) is 19.2. The molecule has 1 aliphatic carbocycles. The first-order valence-corrected chi connectivity index (χ1v) is 5.68. The third-order valence-corrected chi connectivity index (χ3v) is 2.86. The summed E-state index contributed by atoms with van der Waals surface area (Å²) >= 11 is 0. The van der Waals surface area contributed by atoms with Crippen LogP contribution < -0.4 is 5.73 Å². The highest BCUT2D eigenvalue weighted by molar-refractivity contribution is 4.78. The zero-order valence-electron chi connectivity index (χ0n) is 9.13. The van der Waals surface area contributed by atoms with Crippen LogP contribution in [0.25, 0.3) is 0 Å². The van der Waals surface area contributed by atoms with Crippen molar-refractivity contribution >= 4 is 0 Å². The van der Waals surface area contributed by atoms with Gasteiger partial charge in [-0.25, -0.2) is 0 Å². The molecule has 2 heteroatoms. The maximum absolute atomic E-state index is 5.63. The molecule has 0 unspecified atom stereocenters. The fourth-order valence-corrected chi connectivity index (χ4v) is 2.33. The minimum Gasteiger partial charge on any atom is -0.329 e. The lowest BCUT2D eigenvalue weighted by Crippen LogP contribution is -2.39. The summed E-state index contributed by atoms with van der Waals surface area (Å²) in [7, 11) is 0. The Morgan fingerprint density at radius 2 is 1.92 bits per heavy atom. The van der Waals surface area contributed by atoms with Gasteiger partial charge in [0.25, 0.3) is 0 Å². The van der Waals surface area contributed by atoms with E-state index in [1.807, 2.05) is 0 Å². The second-order valence-corrected chi connectivity index (χ2v) is 4.62. The molecule has 0 bridgehead atoms. The van der Waals surface area contributed by atoms with Crippen molar-refractivity contribution in [2.45, 2.75) is 45.6 Å². The van der Waals surface area contributed by atoms with Crippen LogP contribution in [-0.2, 0) is 0 Å². The van der Waals surface area contributed by atoms with Crippen molar-refractivity contribution in [1.82, 2.24) is 4.90 Å². The molecule has 0 aromatic heterocycles. The van der Waals surface area contributed by atoms with Crippen LogP contribution in [0.15, 0.2) is 0 Å². The Morgan fingerprint density at radius 3 is 2.38 bits per heavy atom. The maximum Gasteiger partial charge on any atom is 0.0108 e. The standard InChI is InChI=1S/C11H24N2/c1-10(2)9-13(8-7-12)11-5-3-4-6-11/h10-11H,3-9,12H2,1-2H3. The summed E-state index contributed by atoms with van der Waals surface area (Å²) in [6.45, 7) is 7.70. The molecular formula is C11H24N2. The van der Waals surface area contributed by atoms with Crippen LogP contribution in [-0.4, -0.2) is 30.6 Å². The molecule has 13 heavy (non-hydrogen) atoms. The van der Waals surface area contributed by atoms with Crippen LogP contribution >= 0.6 is 0 Å². The van der Waals surface area contributed by atoms with E-state index in [-0.39, 0.29) is 0 Å². The average molecular weight is 184 g/mol. The minimum absolute atomic E-state index is 0.771. The smallest absolute Gasteiger partial charge is 0.0108 e. The molecule has 0 spiro atoms. The Morgan fingerprint density at radius 1 is 1.31 bits per heavy atom. The molecule has 1 rings (SSSR count). The van der Waals surface area contributed by atoms with Crippen LogP contribution in [0.4, 0.5) is 0 Å². The lowest BCUT2D eigenvalue weighted by atomic mass is 10.1. The number of rotatable bonds is 5. The lowest BCUT2D eigenvalue weighted by Gasteiger charge is -2.29. The second kappa shape index (κ2) is 5.61. The van der Waals surface area contributed by atoms with Gasteiger partial charge in [0, 0.05) is 25.7 Å². The molecule has 1 fully saturated rings. The SMILES string of the molecule is CC(C)CN(CCN)C1CCCC1. The predicted octanol–water partition coefficient (Wildman–Crippen LogP) is 1.85. The first-order chi connectivity index (χ1) is 6.24. The zero-order valence-corrected chi connectivity index (χ0v) is 9.13. The fourth-order valence-electron chi connectivity index (χ4n) is 2.33. The lowest BCUT2D eigenvalue weighted by molar-refractivity contribution is 0.182. The quantitative estimate of drug-likeness (QED) is 0.706. The van der Waals surface area contributed by atoms with Crippen LogP contribution in [0.1, 0.15) is 39.5 Å². The number of nitrogens with two attached hydrogens (primary N) is 1. The summed E-state index contributed by atoms with van der Waals surface area (Å²) in [5.74, 6) is 0.771. The molecule has 2 nitrogen and oxygen atoms in total.